The lowest BCUT2D eigenvalue weighted by molar-refractivity contribution is 0.0934. The number of carbonyl (C=O) groups is 1. The summed E-state index contributed by atoms with van der Waals surface area (Å²) in [5.41, 5.74) is 3.29. The molecule has 0 saturated heterocycles. The molecule has 3 rings (SSSR count). The second kappa shape index (κ2) is 7.43. The van der Waals surface area contributed by atoms with Gasteiger partial charge in [-0.3, -0.25) is 9.48 Å². The number of hydrogen-bond donors (Lipinski definition) is 1. The van der Waals surface area contributed by atoms with E-state index in [9.17, 15) is 4.79 Å². The van der Waals surface area contributed by atoms with E-state index < -0.39 is 0 Å². The van der Waals surface area contributed by atoms with Crippen molar-refractivity contribution in [3.05, 3.63) is 59.7 Å². The number of amides is 1. The van der Waals surface area contributed by atoms with Gasteiger partial charge in [-0.15, -0.1) is 0 Å². The minimum absolute atomic E-state index is 0.179. The fourth-order valence-electron chi connectivity index (χ4n) is 2.84. The molecule has 0 saturated carbocycles. The van der Waals surface area contributed by atoms with Crippen LogP contribution in [0.4, 0.5) is 0 Å². The lowest BCUT2D eigenvalue weighted by atomic mass is 10.1. The van der Waals surface area contributed by atoms with Crippen LogP contribution in [0.5, 0.6) is 5.75 Å². The van der Waals surface area contributed by atoms with Crippen molar-refractivity contribution in [1.82, 2.24) is 24.9 Å². The highest BCUT2D eigenvalue weighted by molar-refractivity contribution is 5.92. The summed E-state index contributed by atoms with van der Waals surface area (Å²) in [6, 6.07) is 9.23. The molecule has 2 heterocycles. The van der Waals surface area contributed by atoms with E-state index in [1.54, 1.807) is 30.3 Å². The number of aryl methyl sites for hydroxylation is 1. The molecule has 1 aromatic carbocycles. The molecule has 0 aliphatic heterocycles. The Morgan fingerprint density at radius 2 is 2.00 bits per heavy atom. The van der Waals surface area contributed by atoms with E-state index in [4.69, 9.17) is 4.74 Å². The highest BCUT2D eigenvalue weighted by atomic mass is 16.5. The van der Waals surface area contributed by atoms with Crippen LogP contribution in [0.15, 0.2) is 42.7 Å². The molecule has 26 heavy (non-hydrogen) atoms. The highest BCUT2D eigenvalue weighted by Gasteiger charge is 2.18. The minimum atomic E-state index is -0.193. The van der Waals surface area contributed by atoms with Crippen molar-refractivity contribution < 1.29 is 9.53 Å². The average molecular weight is 353 g/mol. The van der Waals surface area contributed by atoms with Crippen molar-refractivity contribution in [3.63, 3.8) is 0 Å². The van der Waals surface area contributed by atoms with E-state index in [0.717, 1.165) is 29.2 Å². The van der Waals surface area contributed by atoms with E-state index in [-0.39, 0.29) is 11.9 Å². The van der Waals surface area contributed by atoms with Gasteiger partial charge in [0, 0.05) is 24.0 Å². The maximum absolute atomic E-state index is 12.4. The van der Waals surface area contributed by atoms with Gasteiger partial charge in [-0.25, -0.2) is 4.68 Å². The number of rotatable bonds is 6. The molecule has 2 aromatic heterocycles. The lowest BCUT2D eigenvalue weighted by Gasteiger charge is -2.13. The van der Waals surface area contributed by atoms with Crippen molar-refractivity contribution in [2.24, 2.45) is 0 Å². The van der Waals surface area contributed by atoms with Gasteiger partial charge < -0.3 is 10.1 Å². The summed E-state index contributed by atoms with van der Waals surface area (Å²) in [4.78, 5) is 12.4. The third-order valence-corrected chi connectivity index (χ3v) is 4.38. The van der Waals surface area contributed by atoms with E-state index in [1.807, 2.05) is 49.7 Å². The second-order valence-corrected chi connectivity index (χ2v) is 6.05. The Hall–Kier alpha value is -3.09. The van der Waals surface area contributed by atoms with Crippen LogP contribution in [-0.2, 0) is 6.54 Å². The first-order chi connectivity index (χ1) is 12.5. The first-order valence-corrected chi connectivity index (χ1v) is 8.56. The molecule has 1 amide bonds. The second-order valence-electron chi connectivity index (χ2n) is 6.05. The highest BCUT2D eigenvalue weighted by Crippen LogP contribution is 2.22. The smallest absolute Gasteiger partial charge is 0.272 e. The molecule has 0 spiro atoms. The molecule has 7 heteroatoms. The van der Waals surface area contributed by atoms with E-state index >= 15 is 0 Å². The lowest BCUT2D eigenvalue weighted by Crippen LogP contribution is -2.27. The van der Waals surface area contributed by atoms with Crippen molar-refractivity contribution in [2.45, 2.75) is 33.4 Å². The number of ether oxygens (including phenoxy) is 1. The summed E-state index contributed by atoms with van der Waals surface area (Å²) in [7, 11) is 1.64. The van der Waals surface area contributed by atoms with Crippen molar-refractivity contribution in [1.29, 1.82) is 0 Å². The minimum Gasteiger partial charge on any atom is -0.497 e. The third kappa shape index (κ3) is 3.46. The molecular formula is C19H23N5O2. The van der Waals surface area contributed by atoms with Gasteiger partial charge in [0.1, 0.15) is 11.4 Å². The summed E-state index contributed by atoms with van der Waals surface area (Å²) >= 11 is 0. The summed E-state index contributed by atoms with van der Waals surface area (Å²) in [6.45, 7) is 6.64. The van der Waals surface area contributed by atoms with Gasteiger partial charge in [0.15, 0.2) is 0 Å². The number of hydrogen-bond acceptors (Lipinski definition) is 4. The van der Waals surface area contributed by atoms with E-state index in [0.29, 0.717) is 5.69 Å². The SMILES string of the molecule is CCn1ccc(C(=O)NC(C)c2cnn(-c3ccc(OC)cc3)c2C)n1. The van der Waals surface area contributed by atoms with Gasteiger partial charge in [-0.2, -0.15) is 10.2 Å². The Kier molecular flexibility index (Phi) is 5.06. The first-order valence-electron chi connectivity index (χ1n) is 8.56. The molecule has 1 atom stereocenters. The topological polar surface area (TPSA) is 74.0 Å². The van der Waals surface area contributed by atoms with Crippen LogP contribution in [0.2, 0.25) is 0 Å². The molecule has 0 fully saturated rings. The molecule has 7 nitrogen and oxygen atoms in total. The standard InChI is InChI=1S/C19H23N5O2/c1-5-23-11-10-18(22-23)19(25)21-13(2)17-12-20-24(14(17)3)15-6-8-16(26-4)9-7-15/h6-13H,5H2,1-4H3,(H,21,25). The number of nitrogens with zero attached hydrogens (tertiary/aromatic N) is 4. The normalized spacial score (nSPS) is 12.0. The predicted molar refractivity (Wildman–Crippen MR) is 98.6 cm³/mol. The Morgan fingerprint density at radius 3 is 2.62 bits per heavy atom. The largest absolute Gasteiger partial charge is 0.497 e. The van der Waals surface area contributed by atoms with Crippen molar-refractivity contribution >= 4 is 5.91 Å². The Bertz CT molecular complexity index is 895. The van der Waals surface area contributed by atoms with Crippen LogP contribution in [0, 0.1) is 6.92 Å². The van der Waals surface area contributed by atoms with Crippen LogP contribution < -0.4 is 10.1 Å². The summed E-state index contributed by atoms with van der Waals surface area (Å²) in [6.07, 6.45) is 3.59. The van der Waals surface area contributed by atoms with Gasteiger partial charge in [0.25, 0.3) is 5.91 Å². The third-order valence-electron chi connectivity index (χ3n) is 4.38. The van der Waals surface area contributed by atoms with Crippen molar-refractivity contribution in [2.75, 3.05) is 7.11 Å². The van der Waals surface area contributed by atoms with Crippen molar-refractivity contribution in [3.8, 4) is 11.4 Å². The monoisotopic (exact) mass is 353 g/mol. The zero-order chi connectivity index (χ0) is 18.7. The Morgan fingerprint density at radius 1 is 1.27 bits per heavy atom. The number of carbonyl (C=O) groups excluding carboxylic acids is 1. The van der Waals surface area contributed by atoms with Crippen LogP contribution in [0.25, 0.3) is 5.69 Å². The van der Waals surface area contributed by atoms with Crippen LogP contribution >= 0.6 is 0 Å². The van der Waals surface area contributed by atoms with E-state index in [2.05, 4.69) is 15.5 Å². The zero-order valence-corrected chi connectivity index (χ0v) is 15.4. The number of aromatic nitrogens is 4. The molecule has 1 N–H and O–H groups in total. The first kappa shape index (κ1) is 17.7. The number of methoxy groups -OCH3 is 1. The molecule has 0 aliphatic carbocycles. The molecule has 0 aliphatic rings. The Labute approximate surface area is 152 Å². The molecule has 3 aromatic rings. The zero-order valence-electron chi connectivity index (χ0n) is 15.4. The predicted octanol–water partition coefficient (Wildman–Crippen LogP) is 2.90. The van der Waals surface area contributed by atoms with E-state index in [1.165, 1.54) is 0 Å². The summed E-state index contributed by atoms with van der Waals surface area (Å²) in [5, 5.41) is 11.7. The van der Waals surface area contributed by atoms with Gasteiger partial charge >= 0.3 is 0 Å². The summed E-state index contributed by atoms with van der Waals surface area (Å²) < 4.78 is 8.77. The van der Waals surface area contributed by atoms with Gasteiger partial charge in [0.2, 0.25) is 0 Å². The molecule has 1 unspecified atom stereocenters. The van der Waals surface area contributed by atoms with Crippen LogP contribution in [0.1, 0.15) is 41.6 Å². The number of benzene rings is 1. The van der Waals surface area contributed by atoms with Crippen LogP contribution in [-0.4, -0.2) is 32.6 Å². The average Bonchev–Trinajstić information content (AvgIpc) is 3.28. The quantitative estimate of drug-likeness (QED) is 0.739. The maximum Gasteiger partial charge on any atom is 0.272 e. The Balaban J connectivity index is 1.76. The molecular weight excluding hydrogens is 330 g/mol. The fraction of sp³-hybridized carbons (Fsp3) is 0.316. The summed E-state index contributed by atoms with van der Waals surface area (Å²) in [5.74, 6) is 0.604. The maximum atomic E-state index is 12.4. The number of nitrogens with one attached hydrogen (secondary N) is 1. The molecule has 0 bridgehead atoms. The van der Waals surface area contributed by atoms with Gasteiger partial charge in [0.05, 0.1) is 25.0 Å². The van der Waals surface area contributed by atoms with Gasteiger partial charge in [-0.05, 0) is 51.1 Å². The fourth-order valence-corrected chi connectivity index (χ4v) is 2.84. The van der Waals surface area contributed by atoms with Gasteiger partial charge in [-0.1, -0.05) is 0 Å². The molecule has 136 valence electrons. The van der Waals surface area contributed by atoms with Crippen LogP contribution in [0.3, 0.4) is 0 Å². The molecule has 0 radical (unpaired) electrons.